The number of halogens is 1. The summed E-state index contributed by atoms with van der Waals surface area (Å²) in [6.07, 6.45) is -0.393. The number of carbonyl (C=O) groups excluding carboxylic acids is 3. The van der Waals surface area contributed by atoms with Crippen molar-refractivity contribution in [2.45, 2.75) is 6.10 Å². The molecule has 0 aliphatic carbocycles. The minimum Gasteiger partial charge on any atom is -0.486 e. The van der Waals surface area contributed by atoms with Gasteiger partial charge in [-0.05, 0) is 40.2 Å². The Morgan fingerprint density at radius 2 is 1.93 bits per heavy atom. The molecule has 0 saturated heterocycles. The highest BCUT2D eigenvalue weighted by Gasteiger charge is 2.21. The SMILES string of the molecule is O=C(COC(=O)c1ccc(Br)o1)NC(=O)NCC1COc2ccccc2O1. The number of rotatable bonds is 5. The molecule has 2 heterocycles. The van der Waals surface area contributed by atoms with Crippen LogP contribution in [0, 0.1) is 0 Å². The number of nitrogens with one attached hydrogen (secondary N) is 2. The summed E-state index contributed by atoms with van der Waals surface area (Å²) in [5.41, 5.74) is 0. The highest BCUT2D eigenvalue weighted by molar-refractivity contribution is 9.10. The molecule has 1 aliphatic rings. The highest BCUT2D eigenvalue weighted by Crippen LogP contribution is 2.30. The number of carbonyl (C=O) groups is 3. The summed E-state index contributed by atoms with van der Waals surface area (Å²) in [7, 11) is 0. The van der Waals surface area contributed by atoms with E-state index in [1.54, 1.807) is 12.1 Å². The molecule has 3 rings (SSSR count). The number of fused-ring (bicyclic) bond motifs is 1. The summed E-state index contributed by atoms with van der Waals surface area (Å²) < 4.78 is 21.3. The molecule has 0 spiro atoms. The highest BCUT2D eigenvalue weighted by atomic mass is 79.9. The summed E-state index contributed by atoms with van der Waals surface area (Å²) in [5, 5.41) is 4.54. The van der Waals surface area contributed by atoms with Gasteiger partial charge in [-0.2, -0.15) is 0 Å². The van der Waals surface area contributed by atoms with Gasteiger partial charge in [-0.3, -0.25) is 10.1 Å². The topological polar surface area (TPSA) is 116 Å². The van der Waals surface area contributed by atoms with Gasteiger partial charge in [0, 0.05) is 0 Å². The van der Waals surface area contributed by atoms with Crippen LogP contribution in [0.15, 0.2) is 45.5 Å². The minimum atomic E-state index is -0.817. The lowest BCUT2D eigenvalue weighted by Crippen LogP contribution is -2.46. The molecule has 0 fully saturated rings. The second-order valence-corrected chi connectivity index (χ2v) is 6.22. The Morgan fingerprint density at radius 1 is 1.15 bits per heavy atom. The van der Waals surface area contributed by atoms with Gasteiger partial charge in [0.15, 0.2) is 28.9 Å². The number of amides is 3. The van der Waals surface area contributed by atoms with E-state index in [0.29, 0.717) is 16.2 Å². The molecule has 0 radical (unpaired) electrons. The predicted molar refractivity (Wildman–Crippen MR) is 94.6 cm³/mol. The van der Waals surface area contributed by atoms with Crippen LogP contribution in [0.2, 0.25) is 0 Å². The molecule has 0 saturated carbocycles. The predicted octanol–water partition coefficient (Wildman–Crippen LogP) is 1.86. The van der Waals surface area contributed by atoms with Gasteiger partial charge in [0.25, 0.3) is 5.91 Å². The molecule has 1 atom stereocenters. The zero-order valence-corrected chi connectivity index (χ0v) is 15.5. The van der Waals surface area contributed by atoms with Crippen molar-refractivity contribution in [2.75, 3.05) is 19.8 Å². The Kier molecular flexibility index (Phi) is 5.97. The minimum absolute atomic E-state index is 0.0612. The van der Waals surface area contributed by atoms with E-state index >= 15 is 0 Å². The van der Waals surface area contributed by atoms with Crippen molar-refractivity contribution in [3.63, 3.8) is 0 Å². The van der Waals surface area contributed by atoms with Crippen LogP contribution in [0.3, 0.4) is 0 Å². The number of urea groups is 1. The first-order valence-corrected chi connectivity index (χ1v) is 8.69. The van der Waals surface area contributed by atoms with Gasteiger partial charge in [0.2, 0.25) is 5.76 Å². The van der Waals surface area contributed by atoms with Crippen LogP contribution >= 0.6 is 15.9 Å². The number of para-hydroxylation sites is 2. The molecule has 2 aromatic rings. The van der Waals surface area contributed by atoms with Gasteiger partial charge in [0.1, 0.15) is 6.61 Å². The number of benzene rings is 1. The van der Waals surface area contributed by atoms with Gasteiger partial charge < -0.3 is 23.9 Å². The van der Waals surface area contributed by atoms with Crippen LogP contribution < -0.4 is 20.1 Å². The van der Waals surface area contributed by atoms with Crippen molar-refractivity contribution in [3.05, 3.63) is 46.8 Å². The average molecular weight is 439 g/mol. The summed E-state index contributed by atoms with van der Waals surface area (Å²) in [4.78, 5) is 35.1. The first-order chi connectivity index (χ1) is 13.0. The lowest BCUT2D eigenvalue weighted by Gasteiger charge is -2.26. The molecule has 1 unspecified atom stereocenters. The quantitative estimate of drug-likeness (QED) is 0.684. The maximum absolute atomic E-state index is 11.8. The second kappa shape index (κ2) is 8.58. The van der Waals surface area contributed by atoms with Crippen LogP contribution in [0.1, 0.15) is 10.6 Å². The van der Waals surface area contributed by atoms with E-state index in [1.165, 1.54) is 12.1 Å². The standard InChI is InChI=1S/C17H15BrN2O7/c18-14-6-5-13(27-14)16(22)25-9-15(21)20-17(23)19-7-10-8-24-11-3-1-2-4-12(11)26-10/h1-6,10H,7-9H2,(H2,19,20,21,23). The number of imide groups is 1. The van der Waals surface area contributed by atoms with E-state index in [4.69, 9.17) is 18.6 Å². The molecule has 1 aromatic heterocycles. The Hall–Kier alpha value is -3.01. The molecule has 27 heavy (non-hydrogen) atoms. The fraction of sp³-hybridized carbons (Fsp3) is 0.235. The van der Waals surface area contributed by atoms with Gasteiger partial charge >= 0.3 is 12.0 Å². The fourth-order valence-corrected chi connectivity index (χ4v) is 2.51. The van der Waals surface area contributed by atoms with E-state index < -0.39 is 30.6 Å². The number of hydrogen-bond donors (Lipinski definition) is 2. The van der Waals surface area contributed by atoms with Gasteiger partial charge in [0.05, 0.1) is 6.54 Å². The van der Waals surface area contributed by atoms with E-state index in [0.717, 1.165) is 0 Å². The zero-order valence-electron chi connectivity index (χ0n) is 13.9. The van der Waals surface area contributed by atoms with E-state index in [2.05, 4.69) is 21.2 Å². The summed E-state index contributed by atoms with van der Waals surface area (Å²) >= 11 is 3.05. The number of esters is 1. The van der Waals surface area contributed by atoms with Gasteiger partial charge in [-0.15, -0.1) is 0 Å². The molecule has 2 N–H and O–H groups in total. The first-order valence-electron chi connectivity index (χ1n) is 7.90. The Balaban J connectivity index is 1.37. The van der Waals surface area contributed by atoms with Gasteiger partial charge in [-0.25, -0.2) is 9.59 Å². The van der Waals surface area contributed by atoms with Crippen molar-refractivity contribution in [1.82, 2.24) is 10.6 Å². The Morgan fingerprint density at radius 3 is 2.67 bits per heavy atom. The van der Waals surface area contributed by atoms with E-state index in [1.807, 2.05) is 17.4 Å². The summed E-state index contributed by atoms with van der Waals surface area (Å²) in [6, 6.07) is 9.35. The molecule has 142 valence electrons. The van der Waals surface area contributed by atoms with Crippen molar-refractivity contribution >= 4 is 33.8 Å². The first kappa shape index (κ1) is 18.8. The van der Waals surface area contributed by atoms with Crippen LogP contribution in [0.4, 0.5) is 4.79 Å². The smallest absolute Gasteiger partial charge is 0.374 e. The summed E-state index contributed by atoms with van der Waals surface area (Å²) in [5.74, 6) is -0.434. The molecule has 0 bridgehead atoms. The third-order valence-corrected chi connectivity index (χ3v) is 3.85. The van der Waals surface area contributed by atoms with Gasteiger partial charge in [-0.1, -0.05) is 12.1 Å². The lowest BCUT2D eigenvalue weighted by molar-refractivity contribution is -0.123. The number of hydrogen-bond acceptors (Lipinski definition) is 7. The second-order valence-electron chi connectivity index (χ2n) is 5.44. The van der Waals surface area contributed by atoms with Crippen molar-refractivity contribution < 1.29 is 33.0 Å². The number of furan rings is 1. The van der Waals surface area contributed by atoms with E-state index in [9.17, 15) is 14.4 Å². The Labute approximate surface area is 162 Å². The largest absolute Gasteiger partial charge is 0.486 e. The van der Waals surface area contributed by atoms with Crippen molar-refractivity contribution in [3.8, 4) is 11.5 Å². The van der Waals surface area contributed by atoms with E-state index in [-0.39, 0.29) is 18.9 Å². The van der Waals surface area contributed by atoms with Crippen LogP contribution in [-0.2, 0) is 9.53 Å². The zero-order chi connectivity index (χ0) is 19.2. The van der Waals surface area contributed by atoms with Crippen molar-refractivity contribution in [2.24, 2.45) is 0 Å². The maximum Gasteiger partial charge on any atom is 0.374 e. The molecular formula is C17H15BrN2O7. The third kappa shape index (κ3) is 5.23. The summed E-state index contributed by atoms with van der Waals surface area (Å²) in [6.45, 7) is -0.226. The molecule has 10 heteroatoms. The van der Waals surface area contributed by atoms with Crippen molar-refractivity contribution in [1.29, 1.82) is 0 Å². The fourth-order valence-electron chi connectivity index (χ4n) is 2.20. The molecule has 1 aliphatic heterocycles. The average Bonchev–Trinajstić information content (AvgIpc) is 3.11. The van der Waals surface area contributed by atoms with Crippen LogP contribution in [0.25, 0.3) is 0 Å². The third-order valence-electron chi connectivity index (χ3n) is 3.42. The van der Waals surface area contributed by atoms with Crippen LogP contribution in [-0.4, -0.2) is 43.8 Å². The molecule has 9 nitrogen and oxygen atoms in total. The Bertz CT molecular complexity index is 851. The molecule has 3 amide bonds. The van der Waals surface area contributed by atoms with Crippen LogP contribution in [0.5, 0.6) is 11.5 Å². The lowest BCUT2D eigenvalue weighted by atomic mass is 10.2. The normalized spacial score (nSPS) is 14.9. The number of ether oxygens (including phenoxy) is 3. The maximum atomic E-state index is 11.8. The molecule has 1 aromatic carbocycles. The molecular weight excluding hydrogens is 424 g/mol. The monoisotopic (exact) mass is 438 g/mol.